The van der Waals surface area contributed by atoms with E-state index in [9.17, 15) is 9.59 Å². The van der Waals surface area contributed by atoms with Gasteiger partial charge in [0.1, 0.15) is 5.82 Å². The van der Waals surface area contributed by atoms with Crippen LogP contribution in [0.15, 0.2) is 42.6 Å². The number of amides is 2. The van der Waals surface area contributed by atoms with Crippen LogP contribution in [0.1, 0.15) is 30.4 Å². The van der Waals surface area contributed by atoms with Crippen molar-refractivity contribution >= 4 is 23.3 Å². The van der Waals surface area contributed by atoms with E-state index in [1.807, 2.05) is 34.9 Å². The molecule has 4 rings (SSSR count). The fourth-order valence-electron chi connectivity index (χ4n) is 4.18. The van der Waals surface area contributed by atoms with Gasteiger partial charge in [-0.15, -0.1) is 0 Å². The van der Waals surface area contributed by atoms with Gasteiger partial charge in [-0.1, -0.05) is 18.2 Å². The van der Waals surface area contributed by atoms with Gasteiger partial charge >= 0.3 is 0 Å². The molecule has 1 aromatic carbocycles. The molecule has 1 saturated heterocycles. The second-order valence-corrected chi connectivity index (χ2v) is 7.84. The van der Waals surface area contributed by atoms with Crippen LogP contribution in [0.25, 0.3) is 0 Å². The molecular formula is C23H28N4O2. The third-order valence-corrected chi connectivity index (χ3v) is 5.82. The number of anilines is 2. The van der Waals surface area contributed by atoms with E-state index < -0.39 is 0 Å². The van der Waals surface area contributed by atoms with Gasteiger partial charge in [0.2, 0.25) is 11.8 Å². The number of benzene rings is 1. The number of carbonyl (C=O) groups is 2. The largest absolute Gasteiger partial charge is 0.353 e. The van der Waals surface area contributed by atoms with Gasteiger partial charge in [0, 0.05) is 57.4 Å². The number of aromatic nitrogens is 1. The molecule has 0 spiro atoms. The van der Waals surface area contributed by atoms with Crippen LogP contribution >= 0.6 is 0 Å². The fraction of sp³-hybridized carbons (Fsp3) is 0.435. The molecule has 1 fully saturated rings. The molecule has 2 aliphatic rings. The highest BCUT2D eigenvalue weighted by atomic mass is 16.2. The summed E-state index contributed by atoms with van der Waals surface area (Å²) < 4.78 is 0. The van der Waals surface area contributed by atoms with Crippen LogP contribution in [0.4, 0.5) is 11.5 Å². The van der Waals surface area contributed by atoms with Crippen LogP contribution in [0.5, 0.6) is 0 Å². The molecule has 2 aromatic rings. The highest BCUT2D eigenvalue weighted by Gasteiger charge is 2.25. The summed E-state index contributed by atoms with van der Waals surface area (Å²) in [6, 6.07) is 12.2. The number of nitrogens with zero attached hydrogens (tertiary/aromatic N) is 4. The molecule has 152 valence electrons. The Morgan fingerprint density at radius 2 is 1.76 bits per heavy atom. The Labute approximate surface area is 172 Å². The number of hydrogen-bond acceptors (Lipinski definition) is 4. The molecule has 0 radical (unpaired) electrons. The number of piperazine rings is 1. The van der Waals surface area contributed by atoms with Crippen molar-refractivity contribution in [1.29, 1.82) is 0 Å². The quantitative estimate of drug-likeness (QED) is 0.803. The predicted molar refractivity (Wildman–Crippen MR) is 114 cm³/mol. The lowest BCUT2D eigenvalue weighted by Crippen LogP contribution is -2.49. The second-order valence-electron chi connectivity index (χ2n) is 7.84. The van der Waals surface area contributed by atoms with E-state index in [1.165, 1.54) is 5.56 Å². The van der Waals surface area contributed by atoms with Crippen LogP contribution in [0, 0.1) is 6.92 Å². The lowest BCUT2D eigenvalue weighted by atomic mass is 9.99. The first kappa shape index (κ1) is 19.4. The molecule has 1 aromatic heterocycles. The van der Waals surface area contributed by atoms with Crippen LogP contribution in [-0.4, -0.2) is 54.4 Å². The average molecular weight is 393 g/mol. The number of aryl methyl sites for hydroxylation is 2. The molecule has 0 unspecified atom stereocenters. The van der Waals surface area contributed by atoms with Crippen molar-refractivity contribution in [2.75, 3.05) is 42.5 Å². The van der Waals surface area contributed by atoms with Crippen molar-refractivity contribution in [3.05, 3.63) is 53.7 Å². The van der Waals surface area contributed by atoms with Crippen LogP contribution in [-0.2, 0) is 16.0 Å². The maximum absolute atomic E-state index is 12.8. The van der Waals surface area contributed by atoms with Crippen LogP contribution < -0.4 is 9.80 Å². The molecule has 0 N–H and O–H groups in total. The molecule has 6 heteroatoms. The van der Waals surface area contributed by atoms with Gasteiger partial charge in [-0.05, 0) is 49.1 Å². The molecule has 2 aliphatic heterocycles. The summed E-state index contributed by atoms with van der Waals surface area (Å²) in [5.41, 5.74) is 3.41. The Balaban J connectivity index is 1.29. The maximum Gasteiger partial charge on any atom is 0.227 e. The number of rotatable bonds is 4. The summed E-state index contributed by atoms with van der Waals surface area (Å²) in [5, 5.41) is 0. The Morgan fingerprint density at radius 1 is 0.966 bits per heavy atom. The van der Waals surface area contributed by atoms with Crippen molar-refractivity contribution in [2.45, 2.75) is 32.6 Å². The molecule has 0 aliphatic carbocycles. The van der Waals surface area contributed by atoms with Gasteiger partial charge in [0.25, 0.3) is 0 Å². The number of carbonyl (C=O) groups excluding carboxylic acids is 2. The first-order valence-corrected chi connectivity index (χ1v) is 10.5. The van der Waals surface area contributed by atoms with Gasteiger partial charge < -0.3 is 14.7 Å². The lowest BCUT2D eigenvalue weighted by Gasteiger charge is -2.35. The third-order valence-electron chi connectivity index (χ3n) is 5.82. The highest BCUT2D eigenvalue weighted by Crippen LogP contribution is 2.29. The van der Waals surface area contributed by atoms with E-state index in [0.29, 0.717) is 13.1 Å². The lowest BCUT2D eigenvalue weighted by molar-refractivity contribution is -0.133. The van der Waals surface area contributed by atoms with Crippen molar-refractivity contribution in [2.24, 2.45) is 0 Å². The fourth-order valence-corrected chi connectivity index (χ4v) is 4.18. The van der Waals surface area contributed by atoms with Crippen molar-refractivity contribution in [3.8, 4) is 0 Å². The molecule has 0 bridgehead atoms. The van der Waals surface area contributed by atoms with E-state index in [0.717, 1.165) is 49.5 Å². The number of fused-ring (bicyclic) bond motifs is 1. The van der Waals surface area contributed by atoms with Gasteiger partial charge in [-0.3, -0.25) is 9.59 Å². The number of hydrogen-bond donors (Lipinski definition) is 0. The zero-order valence-electron chi connectivity index (χ0n) is 17.0. The molecule has 0 atom stereocenters. The summed E-state index contributed by atoms with van der Waals surface area (Å²) in [7, 11) is 0. The van der Waals surface area contributed by atoms with Crippen molar-refractivity contribution in [1.82, 2.24) is 9.88 Å². The van der Waals surface area contributed by atoms with Gasteiger partial charge in [0.05, 0.1) is 0 Å². The standard InChI is InChI=1S/C23H28N4O2/c1-18-7-8-19-5-4-12-27(20(19)17-18)23(29)10-9-22(28)26-15-13-25(14-16-26)21-6-2-3-11-24-21/h2-3,6-8,11,17H,4-5,9-10,12-16H2,1H3. The Kier molecular flexibility index (Phi) is 5.79. The van der Waals surface area contributed by atoms with E-state index in [1.54, 1.807) is 6.20 Å². The smallest absolute Gasteiger partial charge is 0.227 e. The zero-order valence-corrected chi connectivity index (χ0v) is 17.0. The van der Waals surface area contributed by atoms with E-state index >= 15 is 0 Å². The predicted octanol–water partition coefficient (Wildman–Crippen LogP) is 2.80. The minimum absolute atomic E-state index is 0.0528. The molecule has 0 saturated carbocycles. The molecule has 29 heavy (non-hydrogen) atoms. The van der Waals surface area contributed by atoms with Gasteiger partial charge in [-0.25, -0.2) is 4.98 Å². The Hall–Kier alpha value is -2.89. The van der Waals surface area contributed by atoms with Crippen LogP contribution in [0.2, 0.25) is 0 Å². The SMILES string of the molecule is Cc1ccc2c(c1)N(C(=O)CCC(=O)N1CCN(c3ccccn3)CC1)CCC2. The first-order chi connectivity index (χ1) is 14.1. The number of pyridine rings is 1. The first-order valence-electron chi connectivity index (χ1n) is 10.5. The van der Waals surface area contributed by atoms with E-state index in [4.69, 9.17) is 0 Å². The summed E-state index contributed by atoms with van der Waals surface area (Å²) in [6.07, 6.45) is 4.33. The van der Waals surface area contributed by atoms with Gasteiger partial charge in [-0.2, -0.15) is 0 Å². The molecule has 2 amide bonds. The summed E-state index contributed by atoms with van der Waals surface area (Å²) >= 11 is 0. The van der Waals surface area contributed by atoms with E-state index in [2.05, 4.69) is 28.1 Å². The zero-order chi connectivity index (χ0) is 20.2. The summed E-state index contributed by atoms with van der Waals surface area (Å²) in [5.74, 6) is 1.08. The minimum Gasteiger partial charge on any atom is -0.353 e. The normalized spacial score (nSPS) is 16.5. The Morgan fingerprint density at radius 3 is 2.52 bits per heavy atom. The van der Waals surface area contributed by atoms with Crippen molar-refractivity contribution < 1.29 is 9.59 Å². The third kappa shape index (κ3) is 4.42. The minimum atomic E-state index is 0.0528. The van der Waals surface area contributed by atoms with Crippen molar-refractivity contribution in [3.63, 3.8) is 0 Å². The topological polar surface area (TPSA) is 56.8 Å². The van der Waals surface area contributed by atoms with E-state index in [-0.39, 0.29) is 24.7 Å². The molecule has 6 nitrogen and oxygen atoms in total. The van der Waals surface area contributed by atoms with Gasteiger partial charge in [0.15, 0.2) is 0 Å². The van der Waals surface area contributed by atoms with Crippen LogP contribution in [0.3, 0.4) is 0 Å². The Bertz CT molecular complexity index is 876. The molecule has 3 heterocycles. The summed E-state index contributed by atoms with van der Waals surface area (Å²) in [6.45, 7) is 5.69. The summed E-state index contributed by atoms with van der Waals surface area (Å²) in [4.78, 5) is 35.8. The maximum atomic E-state index is 12.8. The second kappa shape index (κ2) is 8.64. The molecular weight excluding hydrogens is 364 g/mol. The average Bonchev–Trinajstić information content (AvgIpc) is 2.77. The monoisotopic (exact) mass is 392 g/mol. The highest BCUT2D eigenvalue weighted by molar-refractivity contribution is 5.96.